The average molecular weight is 233 g/mol. The number of hydrogen-bond donors (Lipinski definition) is 2. The highest BCUT2D eigenvalue weighted by atomic mass is 16.1. The summed E-state index contributed by atoms with van der Waals surface area (Å²) in [5.41, 5.74) is 1.04. The second-order valence-electron chi connectivity index (χ2n) is 3.46. The third-order valence-electron chi connectivity index (χ3n) is 1.98. The molecule has 0 aromatic carbocycles. The van der Waals surface area contributed by atoms with Crippen LogP contribution >= 0.6 is 0 Å². The fourth-order valence-corrected chi connectivity index (χ4v) is 1.28. The molecule has 0 aliphatic heterocycles. The van der Waals surface area contributed by atoms with Crippen LogP contribution in [0.3, 0.4) is 0 Å². The van der Waals surface area contributed by atoms with Crippen molar-refractivity contribution in [3.63, 3.8) is 0 Å². The van der Waals surface area contributed by atoms with Gasteiger partial charge in [-0.1, -0.05) is 0 Å². The van der Waals surface area contributed by atoms with Crippen LogP contribution < -0.4 is 10.6 Å². The fourth-order valence-electron chi connectivity index (χ4n) is 1.28. The monoisotopic (exact) mass is 233 g/mol. The Hall–Kier alpha value is -2.16. The predicted octanol–water partition coefficient (Wildman–Crippen LogP) is 0.595. The molecule has 0 spiro atoms. The molecule has 0 aliphatic rings. The molecule has 1 heterocycles. The van der Waals surface area contributed by atoms with Crippen molar-refractivity contribution in [2.75, 3.05) is 18.4 Å². The first-order chi connectivity index (χ1) is 8.15. The smallest absolute Gasteiger partial charge is 0.224 e. The van der Waals surface area contributed by atoms with Crippen LogP contribution in [0.1, 0.15) is 24.7 Å². The molecule has 0 saturated carbocycles. The molecule has 0 atom stereocenters. The third kappa shape index (κ3) is 4.47. The minimum atomic E-state index is -0.0202. The van der Waals surface area contributed by atoms with E-state index in [1.807, 2.05) is 13.0 Å². The maximum absolute atomic E-state index is 11.2. The molecule has 2 N–H and O–H groups in total. The molecule has 1 amide bonds. The van der Waals surface area contributed by atoms with Gasteiger partial charge in [0.2, 0.25) is 11.9 Å². The van der Waals surface area contributed by atoms with Crippen molar-refractivity contribution in [2.24, 2.45) is 0 Å². The van der Waals surface area contributed by atoms with Gasteiger partial charge >= 0.3 is 0 Å². The molecule has 0 unspecified atom stereocenters. The van der Waals surface area contributed by atoms with E-state index in [0.29, 0.717) is 31.2 Å². The molecule has 0 aliphatic carbocycles. The number of aromatic nitrogens is 2. The van der Waals surface area contributed by atoms with E-state index in [2.05, 4.69) is 20.6 Å². The van der Waals surface area contributed by atoms with Crippen molar-refractivity contribution in [2.45, 2.75) is 20.3 Å². The summed E-state index contributed by atoms with van der Waals surface area (Å²) in [6.45, 7) is 4.73. The van der Waals surface area contributed by atoms with Crippen LogP contribution in [0.15, 0.2) is 6.07 Å². The molecule has 6 nitrogen and oxygen atoms in total. The van der Waals surface area contributed by atoms with Gasteiger partial charge in [0.15, 0.2) is 0 Å². The number of nitrogens with zero attached hydrogens (tertiary/aromatic N) is 3. The molecule has 0 bridgehead atoms. The van der Waals surface area contributed by atoms with E-state index in [-0.39, 0.29) is 5.91 Å². The summed E-state index contributed by atoms with van der Waals surface area (Å²) >= 11 is 0. The van der Waals surface area contributed by atoms with Gasteiger partial charge in [0, 0.05) is 25.2 Å². The molecule has 90 valence electrons. The average Bonchev–Trinajstić information content (AvgIpc) is 2.28. The van der Waals surface area contributed by atoms with Crippen molar-refractivity contribution in [1.29, 1.82) is 5.26 Å². The maximum Gasteiger partial charge on any atom is 0.224 e. The summed E-state index contributed by atoms with van der Waals surface area (Å²) < 4.78 is 0. The summed E-state index contributed by atoms with van der Waals surface area (Å²) in [6.07, 6.45) is 0.354. The zero-order chi connectivity index (χ0) is 12.7. The second-order valence-corrected chi connectivity index (χ2v) is 3.46. The Morgan fingerprint density at radius 3 is 2.94 bits per heavy atom. The Balaban J connectivity index is 2.50. The predicted molar refractivity (Wildman–Crippen MR) is 63.3 cm³/mol. The number of carbonyl (C=O) groups excluding carboxylic acids is 1. The number of hydrogen-bond acceptors (Lipinski definition) is 5. The summed E-state index contributed by atoms with van der Waals surface area (Å²) in [5.74, 6) is 0.360. The Morgan fingerprint density at radius 2 is 2.29 bits per heavy atom. The summed E-state index contributed by atoms with van der Waals surface area (Å²) in [4.78, 5) is 19.3. The molecule has 1 rings (SSSR count). The van der Waals surface area contributed by atoms with Crippen LogP contribution in [0.2, 0.25) is 0 Å². The lowest BCUT2D eigenvalue weighted by Crippen LogP contribution is -2.25. The van der Waals surface area contributed by atoms with E-state index in [1.54, 1.807) is 13.0 Å². The van der Waals surface area contributed by atoms with Crippen LogP contribution in [0, 0.1) is 18.3 Å². The summed E-state index contributed by atoms with van der Waals surface area (Å²) in [5, 5.41) is 14.3. The van der Waals surface area contributed by atoms with Gasteiger partial charge in [0.1, 0.15) is 11.8 Å². The van der Waals surface area contributed by atoms with Crippen LogP contribution in [-0.2, 0) is 4.79 Å². The first-order valence-corrected chi connectivity index (χ1v) is 5.42. The highest BCUT2D eigenvalue weighted by Crippen LogP contribution is 2.03. The maximum atomic E-state index is 11.2. The number of carbonyl (C=O) groups is 1. The number of anilines is 1. The first kappa shape index (κ1) is 12.9. The highest BCUT2D eigenvalue weighted by molar-refractivity contribution is 5.76. The number of nitrogens with one attached hydrogen (secondary N) is 2. The highest BCUT2D eigenvalue weighted by Gasteiger charge is 2.03. The van der Waals surface area contributed by atoms with E-state index in [1.165, 1.54) is 0 Å². The summed E-state index contributed by atoms with van der Waals surface area (Å²) in [6, 6.07) is 3.56. The Bertz CT molecular complexity index is 438. The van der Waals surface area contributed by atoms with Crippen molar-refractivity contribution in [3.8, 4) is 6.07 Å². The van der Waals surface area contributed by atoms with Gasteiger partial charge in [-0.3, -0.25) is 4.79 Å². The van der Waals surface area contributed by atoms with E-state index < -0.39 is 0 Å². The first-order valence-electron chi connectivity index (χ1n) is 5.42. The zero-order valence-corrected chi connectivity index (χ0v) is 9.95. The quantitative estimate of drug-likeness (QED) is 0.777. The standard InChI is InChI=1S/C11H15N5O/c1-3-13-10(17)4-5-14-11-15-8(2)6-9(7-12)16-11/h6H,3-5H2,1-2H3,(H,13,17)(H,14,15,16). The molecule has 0 fully saturated rings. The molecule has 0 saturated heterocycles. The lowest BCUT2D eigenvalue weighted by Gasteiger charge is -2.05. The Kier molecular flexibility index (Phi) is 4.88. The lowest BCUT2D eigenvalue weighted by molar-refractivity contribution is -0.120. The van der Waals surface area contributed by atoms with Crippen molar-refractivity contribution < 1.29 is 4.79 Å². The van der Waals surface area contributed by atoms with Crippen molar-refractivity contribution in [3.05, 3.63) is 17.5 Å². The van der Waals surface area contributed by atoms with Crippen LogP contribution in [0.5, 0.6) is 0 Å². The molecule has 1 aromatic heterocycles. The normalized spacial score (nSPS) is 9.47. The fraction of sp³-hybridized carbons (Fsp3) is 0.455. The van der Waals surface area contributed by atoms with Gasteiger partial charge in [-0.25, -0.2) is 9.97 Å². The van der Waals surface area contributed by atoms with Gasteiger partial charge in [-0.05, 0) is 19.9 Å². The third-order valence-corrected chi connectivity index (χ3v) is 1.98. The van der Waals surface area contributed by atoms with Gasteiger partial charge in [-0.15, -0.1) is 0 Å². The number of nitriles is 1. The van der Waals surface area contributed by atoms with E-state index in [4.69, 9.17) is 5.26 Å². The van der Waals surface area contributed by atoms with Gasteiger partial charge in [0.25, 0.3) is 0 Å². The van der Waals surface area contributed by atoms with Crippen LogP contribution in [0.25, 0.3) is 0 Å². The molecule has 1 aromatic rings. The van der Waals surface area contributed by atoms with Crippen LogP contribution in [0.4, 0.5) is 5.95 Å². The minimum absolute atomic E-state index is 0.0202. The Labute approximate surface area is 100 Å². The van der Waals surface area contributed by atoms with Gasteiger partial charge in [0.05, 0.1) is 0 Å². The molecule has 0 radical (unpaired) electrons. The molecule has 17 heavy (non-hydrogen) atoms. The second kappa shape index (κ2) is 6.43. The zero-order valence-electron chi connectivity index (χ0n) is 9.95. The molecular weight excluding hydrogens is 218 g/mol. The van der Waals surface area contributed by atoms with E-state index >= 15 is 0 Å². The number of rotatable bonds is 5. The topological polar surface area (TPSA) is 90.7 Å². The number of amides is 1. The van der Waals surface area contributed by atoms with Gasteiger partial charge < -0.3 is 10.6 Å². The largest absolute Gasteiger partial charge is 0.356 e. The molecule has 6 heteroatoms. The lowest BCUT2D eigenvalue weighted by atomic mass is 10.3. The minimum Gasteiger partial charge on any atom is -0.356 e. The van der Waals surface area contributed by atoms with E-state index in [0.717, 1.165) is 5.69 Å². The van der Waals surface area contributed by atoms with E-state index in [9.17, 15) is 4.79 Å². The van der Waals surface area contributed by atoms with Crippen LogP contribution in [-0.4, -0.2) is 29.0 Å². The number of aryl methyl sites for hydroxylation is 1. The van der Waals surface area contributed by atoms with Crippen molar-refractivity contribution in [1.82, 2.24) is 15.3 Å². The molecular formula is C11H15N5O. The summed E-state index contributed by atoms with van der Waals surface area (Å²) in [7, 11) is 0. The Morgan fingerprint density at radius 1 is 1.53 bits per heavy atom. The van der Waals surface area contributed by atoms with Crippen molar-refractivity contribution >= 4 is 11.9 Å². The SMILES string of the molecule is CCNC(=O)CCNc1nc(C)cc(C#N)n1. The van der Waals surface area contributed by atoms with Gasteiger partial charge in [-0.2, -0.15) is 5.26 Å².